The number of rotatable bonds is 5. The number of nitrogens with zero attached hydrogens (tertiary/aromatic N) is 3. The molecule has 0 spiro atoms. The third-order valence-corrected chi connectivity index (χ3v) is 5.62. The first-order chi connectivity index (χ1) is 12.0. The molecule has 2 aliphatic rings. The summed E-state index contributed by atoms with van der Waals surface area (Å²) in [6, 6.07) is 9.62. The highest BCUT2D eigenvalue weighted by Gasteiger charge is 2.38. The highest BCUT2D eigenvalue weighted by molar-refractivity contribution is 5.93. The van der Waals surface area contributed by atoms with E-state index >= 15 is 0 Å². The SMILES string of the molecule is Cc1nn(C)c(C)c1NC(=O)CN(C1CC1)C1CCc2ccccc21. The Bertz CT molecular complexity index is 806. The van der Waals surface area contributed by atoms with Crippen LogP contribution in [0.2, 0.25) is 0 Å². The molecule has 1 heterocycles. The quantitative estimate of drug-likeness (QED) is 0.911. The molecular formula is C20H26N4O. The molecule has 4 rings (SSSR count). The molecular weight excluding hydrogens is 312 g/mol. The number of benzene rings is 1. The van der Waals surface area contributed by atoms with Crippen molar-refractivity contribution >= 4 is 11.6 Å². The molecule has 0 saturated heterocycles. The average Bonchev–Trinajstić information content (AvgIpc) is 3.31. The van der Waals surface area contributed by atoms with Crippen LogP contribution in [0.25, 0.3) is 0 Å². The van der Waals surface area contributed by atoms with Gasteiger partial charge in [0, 0.05) is 19.1 Å². The lowest BCUT2D eigenvalue weighted by molar-refractivity contribution is -0.118. The number of nitrogens with one attached hydrogen (secondary N) is 1. The van der Waals surface area contributed by atoms with E-state index in [1.807, 2.05) is 25.6 Å². The number of amides is 1. The number of fused-ring (bicyclic) bond motifs is 1. The summed E-state index contributed by atoms with van der Waals surface area (Å²) in [7, 11) is 1.91. The van der Waals surface area contributed by atoms with Gasteiger partial charge in [0.15, 0.2) is 0 Å². The van der Waals surface area contributed by atoms with Crippen LogP contribution in [-0.4, -0.2) is 33.2 Å². The third kappa shape index (κ3) is 3.09. The Morgan fingerprint density at radius 3 is 2.72 bits per heavy atom. The molecule has 2 aliphatic carbocycles. The van der Waals surface area contributed by atoms with Crippen molar-refractivity contribution in [3.05, 3.63) is 46.8 Å². The molecule has 0 bridgehead atoms. The molecule has 2 aromatic rings. The molecule has 1 saturated carbocycles. The molecule has 1 atom stereocenters. The fourth-order valence-electron chi connectivity index (χ4n) is 4.08. The standard InChI is InChI=1S/C20H26N4O/c1-13-20(14(2)23(3)22-13)21-19(25)12-24(16-9-10-16)18-11-8-15-6-4-5-7-17(15)18/h4-7,16,18H,8-12H2,1-3H3,(H,21,25). The molecule has 25 heavy (non-hydrogen) atoms. The average molecular weight is 338 g/mol. The summed E-state index contributed by atoms with van der Waals surface area (Å²) in [6.45, 7) is 4.38. The van der Waals surface area contributed by atoms with E-state index in [0.29, 0.717) is 18.6 Å². The van der Waals surface area contributed by atoms with Crippen molar-refractivity contribution in [3.8, 4) is 0 Å². The van der Waals surface area contributed by atoms with Gasteiger partial charge in [0.1, 0.15) is 0 Å². The van der Waals surface area contributed by atoms with Crippen molar-refractivity contribution in [3.63, 3.8) is 0 Å². The van der Waals surface area contributed by atoms with Gasteiger partial charge in [0.2, 0.25) is 5.91 Å². The highest BCUT2D eigenvalue weighted by Crippen LogP contribution is 2.41. The number of aryl methyl sites for hydroxylation is 3. The zero-order chi connectivity index (χ0) is 17.6. The van der Waals surface area contributed by atoms with Crippen molar-refractivity contribution in [1.29, 1.82) is 0 Å². The molecule has 1 aromatic carbocycles. The van der Waals surface area contributed by atoms with E-state index in [4.69, 9.17) is 0 Å². The van der Waals surface area contributed by atoms with Gasteiger partial charge < -0.3 is 5.32 Å². The molecule has 5 nitrogen and oxygen atoms in total. The molecule has 132 valence electrons. The van der Waals surface area contributed by atoms with Gasteiger partial charge in [-0.3, -0.25) is 14.4 Å². The third-order valence-electron chi connectivity index (χ3n) is 5.62. The lowest BCUT2D eigenvalue weighted by Crippen LogP contribution is -2.37. The summed E-state index contributed by atoms with van der Waals surface area (Å²) < 4.78 is 1.82. The van der Waals surface area contributed by atoms with E-state index in [1.165, 1.54) is 24.0 Å². The Labute approximate surface area is 149 Å². The number of hydrogen-bond acceptors (Lipinski definition) is 3. The van der Waals surface area contributed by atoms with Gasteiger partial charge in [-0.15, -0.1) is 0 Å². The summed E-state index contributed by atoms with van der Waals surface area (Å²) in [5.74, 6) is 0.0653. The van der Waals surface area contributed by atoms with Gasteiger partial charge in [-0.2, -0.15) is 5.10 Å². The monoisotopic (exact) mass is 338 g/mol. The molecule has 1 fully saturated rings. The summed E-state index contributed by atoms with van der Waals surface area (Å²) in [5, 5.41) is 7.48. The van der Waals surface area contributed by atoms with Crippen molar-refractivity contribution in [1.82, 2.24) is 14.7 Å². The van der Waals surface area contributed by atoms with Crippen LogP contribution in [0, 0.1) is 13.8 Å². The number of carbonyl (C=O) groups excluding carboxylic acids is 1. The molecule has 0 radical (unpaired) electrons. The molecule has 5 heteroatoms. The lowest BCUT2D eigenvalue weighted by Gasteiger charge is -2.29. The first-order valence-corrected chi connectivity index (χ1v) is 9.18. The number of aromatic nitrogens is 2. The second kappa shape index (κ2) is 6.30. The summed E-state index contributed by atoms with van der Waals surface area (Å²) in [6.07, 6.45) is 4.65. The van der Waals surface area contributed by atoms with Crippen LogP contribution in [0.4, 0.5) is 5.69 Å². The van der Waals surface area contributed by atoms with E-state index in [9.17, 15) is 4.79 Å². The summed E-state index contributed by atoms with van der Waals surface area (Å²) in [5.41, 5.74) is 5.58. The van der Waals surface area contributed by atoms with Crippen molar-refractivity contribution in [2.75, 3.05) is 11.9 Å². The number of hydrogen-bond donors (Lipinski definition) is 1. The minimum absolute atomic E-state index is 0.0653. The van der Waals surface area contributed by atoms with Gasteiger partial charge in [-0.05, 0) is 50.7 Å². The second-order valence-corrected chi connectivity index (χ2v) is 7.37. The topological polar surface area (TPSA) is 50.2 Å². The van der Waals surface area contributed by atoms with E-state index in [-0.39, 0.29) is 5.91 Å². The Morgan fingerprint density at radius 1 is 1.28 bits per heavy atom. The Hall–Kier alpha value is -2.14. The highest BCUT2D eigenvalue weighted by atomic mass is 16.2. The molecule has 1 amide bonds. The first kappa shape index (κ1) is 16.3. The van der Waals surface area contributed by atoms with Crippen molar-refractivity contribution in [2.45, 2.75) is 51.6 Å². The normalized spacial score (nSPS) is 19.3. The molecule has 0 aliphatic heterocycles. The number of carbonyl (C=O) groups is 1. The lowest BCUT2D eigenvalue weighted by atomic mass is 10.1. The minimum atomic E-state index is 0.0653. The van der Waals surface area contributed by atoms with Crippen LogP contribution in [0.1, 0.15) is 47.8 Å². The van der Waals surface area contributed by atoms with Gasteiger partial charge >= 0.3 is 0 Å². The van der Waals surface area contributed by atoms with E-state index < -0.39 is 0 Å². The molecule has 1 aromatic heterocycles. The predicted octanol–water partition coefficient (Wildman–Crippen LogP) is 3.13. The fourth-order valence-corrected chi connectivity index (χ4v) is 4.08. The summed E-state index contributed by atoms with van der Waals surface area (Å²) >= 11 is 0. The smallest absolute Gasteiger partial charge is 0.238 e. The maximum atomic E-state index is 12.7. The van der Waals surface area contributed by atoms with Crippen LogP contribution >= 0.6 is 0 Å². The molecule has 1 unspecified atom stereocenters. The Balaban J connectivity index is 1.50. The minimum Gasteiger partial charge on any atom is -0.322 e. The van der Waals surface area contributed by atoms with E-state index in [1.54, 1.807) is 0 Å². The first-order valence-electron chi connectivity index (χ1n) is 9.18. The Kier molecular flexibility index (Phi) is 4.12. The second-order valence-electron chi connectivity index (χ2n) is 7.37. The van der Waals surface area contributed by atoms with Gasteiger partial charge in [-0.1, -0.05) is 24.3 Å². The van der Waals surface area contributed by atoms with E-state index in [2.05, 4.69) is 39.6 Å². The van der Waals surface area contributed by atoms with Crippen LogP contribution < -0.4 is 5.32 Å². The van der Waals surface area contributed by atoms with E-state index in [0.717, 1.165) is 29.9 Å². The van der Waals surface area contributed by atoms with Crippen LogP contribution in [0.15, 0.2) is 24.3 Å². The molecule has 1 N–H and O–H groups in total. The predicted molar refractivity (Wildman–Crippen MR) is 98.5 cm³/mol. The Morgan fingerprint density at radius 2 is 2.04 bits per heavy atom. The zero-order valence-electron chi connectivity index (χ0n) is 15.2. The maximum Gasteiger partial charge on any atom is 0.238 e. The fraction of sp³-hybridized carbons (Fsp3) is 0.500. The van der Waals surface area contributed by atoms with Gasteiger partial charge in [0.05, 0.1) is 23.6 Å². The summed E-state index contributed by atoms with van der Waals surface area (Å²) in [4.78, 5) is 15.2. The van der Waals surface area contributed by atoms with Crippen molar-refractivity contribution in [2.24, 2.45) is 7.05 Å². The van der Waals surface area contributed by atoms with Crippen molar-refractivity contribution < 1.29 is 4.79 Å². The van der Waals surface area contributed by atoms with Gasteiger partial charge in [0.25, 0.3) is 0 Å². The maximum absolute atomic E-state index is 12.7. The number of anilines is 1. The largest absolute Gasteiger partial charge is 0.322 e. The van der Waals surface area contributed by atoms with Crippen LogP contribution in [0.3, 0.4) is 0 Å². The van der Waals surface area contributed by atoms with Crippen LogP contribution in [-0.2, 0) is 18.3 Å². The zero-order valence-corrected chi connectivity index (χ0v) is 15.2. The van der Waals surface area contributed by atoms with Gasteiger partial charge in [-0.25, -0.2) is 0 Å². The van der Waals surface area contributed by atoms with Crippen LogP contribution in [0.5, 0.6) is 0 Å².